The quantitative estimate of drug-likeness (QED) is 0.642. The highest BCUT2D eigenvalue weighted by atomic mass is 16.7. The largest absolute Gasteiger partial charge is 0.513 e. The molecule has 1 amide bonds. The number of rotatable bonds is 3. The standard InChI is InChI=1S/C15H14N2O6/c16-6-2-5-9-3-1-4-10-8-17(14(19)20)12(7-11(9)10)13(18)23-15(21)22/h1,3-4,12H,2,5,7-8H2,(H,19,20)(H,21,22). The lowest BCUT2D eigenvalue weighted by atomic mass is 9.88. The number of amides is 1. The first-order chi connectivity index (χ1) is 10.9. The molecule has 8 nitrogen and oxygen atoms in total. The van der Waals surface area contributed by atoms with E-state index in [1.807, 2.05) is 12.1 Å². The van der Waals surface area contributed by atoms with Crippen LogP contribution in [0.5, 0.6) is 0 Å². The molecule has 0 bridgehead atoms. The molecule has 0 aliphatic carbocycles. The number of esters is 1. The zero-order chi connectivity index (χ0) is 17.0. The molecule has 23 heavy (non-hydrogen) atoms. The predicted octanol–water partition coefficient (Wildman–Crippen LogP) is 1.77. The minimum atomic E-state index is -1.77. The van der Waals surface area contributed by atoms with E-state index >= 15 is 0 Å². The van der Waals surface area contributed by atoms with Crippen molar-refractivity contribution in [3.63, 3.8) is 0 Å². The van der Waals surface area contributed by atoms with Crippen molar-refractivity contribution in [2.75, 3.05) is 0 Å². The second kappa shape index (κ2) is 6.79. The highest BCUT2D eigenvalue weighted by molar-refractivity contribution is 5.88. The molecule has 1 aromatic carbocycles. The average Bonchev–Trinajstić information content (AvgIpc) is 2.50. The van der Waals surface area contributed by atoms with Gasteiger partial charge in [0.25, 0.3) is 0 Å². The van der Waals surface area contributed by atoms with Gasteiger partial charge in [0.05, 0.1) is 12.6 Å². The molecule has 0 saturated carbocycles. The molecule has 0 aromatic heterocycles. The molecule has 2 rings (SSSR count). The van der Waals surface area contributed by atoms with Crippen LogP contribution in [-0.2, 0) is 28.9 Å². The Morgan fingerprint density at radius 3 is 2.70 bits per heavy atom. The van der Waals surface area contributed by atoms with Crippen molar-refractivity contribution < 1.29 is 29.3 Å². The molecular weight excluding hydrogens is 304 g/mol. The van der Waals surface area contributed by atoms with E-state index in [1.54, 1.807) is 12.1 Å². The third-order valence-electron chi connectivity index (χ3n) is 3.70. The topological polar surface area (TPSA) is 128 Å². The predicted molar refractivity (Wildman–Crippen MR) is 75.6 cm³/mol. The van der Waals surface area contributed by atoms with Crippen LogP contribution in [0, 0.1) is 11.3 Å². The highest BCUT2D eigenvalue weighted by Crippen LogP contribution is 2.28. The minimum Gasteiger partial charge on any atom is -0.465 e. The summed E-state index contributed by atoms with van der Waals surface area (Å²) in [5, 5.41) is 26.5. The van der Waals surface area contributed by atoms with E-state index in [0.717, 1.165) is 21.6 Å². The van der Waals surface area contributed by atoms with Crippen molar-refractivity contribution >= 4 is 18.2 Å². The monoisotopic (exact) mass is 318 g/mol. The van der Waals surface area contributed by atoms with Gasteiger partial charge in [0, 0.05) is 12.8 Å². The zero-order valence-corrected chi connectivity index (χ0v) is 12.1. The molecule has 120 valence electrons. The Balaban J connectivity index is 2.36. The zero-order valence-electron chi connectivity index (χ0n) is 12.1. The molecule has 0 spiro atoms. The third kappa shape index (κ3) is 3.58. The Bertz CT molecular complexity index is 694. The summed E-state index contributed by atoms with van der Waals surface area (Å²) in [5.41, 5.74) is 2.36. The number of fused-ring (bicyclic) bond motifs is 1. The van der Waals surface area contributed by atoms with Crippen LogP contribution in [0.4, 0.5) is 9.59 Å². The second-order valence-electron chi connectivity index (χ2n) is 5.03. The van der Waals surface area contributed by atoms with Crippen LogP contribution in [0.2, 0.25) is 0 Å². The van der Waals surface area contributed by atoms with E-state index in [-0.39, 0.29) is 13.0 Å². The van der Waals surface area contributed by atoms with Gasteiger partial charge in [0.15, 0.2) is 0 Å². The normalized spacial score (nSPS) is 16.1. The summed E-state index contributed by atoms with van der Waals surface area (Å²) in [6.45, 7) is -0.0373. The molecule has 0 fully saturated rings. The molecule has 1 aliphatic heterocycles. The van der Waals surface area contributed by atoms with Gasteiger partial charge in [0.1, 0.15) is 6.04 Å². The molecule has 1 aromatic rings. The number of benzene rings is 1. The second-order valence-corrected chi connectivity index (χ2v) is 5.03. The van der Waals surface area contributed by atoms with Crippen LogP contribution < -0.4 is 0 Å². The molecule has 8 heteroatoms. The molecule has 1 unspecified atom stereocenters. The number of nitriles is 1. The summed E-state index contributed by atoms with van der Waals surface area (Å²) in [6.07, 6.45) is -2.30. The van der Waals surface area contributed by atoms with Gasteiger partial charge in [0.2, 0.25) is 0 Å². The van der Waals surface area contributed by atoms with Gasteiger partial charge in [-0.05, 0) is 23.1 Å². The fraction of sp³-hybridized carbons (Fsp3) is 0.333. The molecule has 1 heterocycles. The Morgan fingerprint density at radius 2 is 2.09 bits per heavy atom. The summed E-state index contributed by atoms with van der Waals surface area (Å²) in [5.74, 6) is -1.12. The lowest BCUT2D eigenvalue weighted by Crippen LogP contribution is -2.49. The van der Waals surface area contributed by atoms with Gasteiger partial charge in [-0.1, -0.05) is 18.2 Å². The molecule has 1 atom stereocenters. The SMILES string of the molecule is N#CCCc1cccc2c1CC(C(=O)OC(=O)O)N(C(=O)O)C2. The van der Waals surface area contributed by atoms with Crippen molar-refractivity contribution in [1.29, 1.82) is 5.26 Å². The summed E-state index contributed by atoms with van der Waals surface area (Å²) in [4.78, 5) is 34.6. The number of nitrogens with zero attached hydrogens (tertiary/aromatic N) is 2. The number of ether oxygens (including phenoxy) is 1. The van der Waals surface area contributed by atoms with Gasteiger partial charge in [-0.25, -0.2) is 14.4 Å². The fourth-order valence-electron chi connectivity index (χ4n) is 2.69. The van der Waals surface area contributed by atoms with Crippen LogP contribution in [0.15, 0.2) is 18.2 Å². The first-order valence-electron chi connectivity index (χ1n) is 6.84. The Labute approximate surface area is 131 Å². The molecule has 0 radical (unpaired) electrons. The van der Waals surface area contributed by atoms with E-state index < -0.39 is 24.3 Å². The van der Waals surface area contributed by atoms with Crippen molar-refractivity contribution in [3.8, 4) is 6.07 Å². The summed E-state index contributed by atoms with van der Waals surface area (Å²) < 4.78 is 4.13. The lowest BCUT2D eigenvalue weighted by molar-refractivity contribution is -0.145. The molecule has 2 N–H and O–H groups in total. The van der Waals surface area contributed by atoms with Crippen LogP contribution in [-0.4, -0.2) is 39.4 Å². The smallest absolute Gasteiger partial charge is 0.465 e. The molecule has 0 saturated heterocycles. The number of hydrogen-bond donors (Lipinski definition) is 2. The van der Waals surface area contributed by atoms with Gasteiger partial charge in [-0.3, -0.25) is 4.90 Å². The van der Waals surface area contributed by atoms with Gasteiger partial charge in [-0.15, -0.1) is 0 Å². The Kier molecular flexibility index (Phi) is 4.81. The summed E-state index contributed by atoms with van der Waals surface area (Å²) >= 11 is 0. The summed E-state index contributed by atoms with van der Waals surface area (Å²) in [6, 6.07) is 6.14. The van der Waals surface area contributed by atoms with Crippen LogP contribution in [0.25, 0.3) is 0 Å². The fourth-order valence-corrected chi connectivity index (χ4v) is 2.69. The average molecular weight is 318 g/mol. The number of hydrogen-bond acceptors (Lipinski definition) is 5. The van der Waals surface area contributed by atoms with E-state index in [4.69, 9.17) is 10.4 Å². The number of carboxylic acid groups (broad SMARTS) is 2. The van der Waals surface area contributed by atoms with Gasteiger partial charge >= 0.3 is 18.2 Å². The minimum absolute atomic E-state index is 0.0232. The first kappa shape index (κ1) is 16.3. The lowest BCUT2D eigenvalue weighted by Gasteiger charge is -2.33. The maximum Gasteiger partial charge on any atom is 0.513 e. The van der Waals surface area contributed by atoms with E-state index in [1.165, 1.54) is 0 Å². The Morgan fingerprint density at radius 1 is 1.35 bits per heavy atom. The van der Waals surface area contributed by atoms with Crippen LogP contribution in [0.1, 0.15) is 23.1 Å². The first-order valence-corrected chi connectivity index (χ1v) is 6.84. The molecule has 1 aliphatic rings. The molecular formula is C15H14N2O6. The highest BCUT2D eigenvalue weighted by Gasteiger charge is 2.37. The van der Waals surface area contributed by atoms with Gasteiger partial charge < -0.3 is 14.9 Å². The van der Waals surface area contributed by atoms with E-state index in [9.17, 15) is 19.5 Å². The van der Waals surface area contributed by atoms with Crippen LogP contribution >= 0.6 is 0 Å². The number of carbonyl (C=O) groups excluding carboxylic acids is 1. The maximum atomic E-state index is 11.9. The van der Waals surface area contributed by atoms with Crippen molar-refractivity contribution in [3.05, 3.63) is 34.9 Å². The van der Waals surface area contributed by atoms with Crippen LogP contribution in [0.3, 0.4) is 0 Å². The van der Waals surface area contributed by atoms with E-state index in [0.29, 0.717) is 12.8 Å². The van der Waals surface area contributed by atoms with Crippen molar-refractivity contribution in [1.82, 2.24) is 4.90 Å². The summed E-state index contributed by atoms with van der Waals surface area (Å²) in [7, 11) is 0. The van der Waals surface area contributed by atoms with Gasteiger partial charge in [-0.2, -0.15) is 5.26 Å². The van der Waals surface area contributed by atoms with E-state index in [2.05, 4.69) is 4.74 Å². The third-order valence-corrected chi connectivity index (χ3v) is 3.70. The maximum absolute atomic E-state index is 11.9. The van der Waals surface area contributed by atoms with Crippen molar-refractivity contribution in [2.45, 2.75) is 31.8 Å². The number of carbonyl (C=O) groups is 3. The Hall–Kier alpha value is -3.08. The van der Waals surface area contributed by atoms with Crippen molar-refractivity contribution in [2.24, 2.45) is 0 Å². The number of aryl methyl sites for hydroxylation is 1.